The normalized spacial score (nSPS) is 24.0. The molecule has 2 amide bonds. The maximum absolute atomic E-state index is 13.6. The molecular weight excluding hydrogens is 550 g/mol. The first-order chi connectivity index (χ1) is 19.3. The standard InChI is InChI=1S/C30H30F6N2O3/c31-29(32,33)20-7-4-18(5-8-20)28(41)38-13-12-19(23-11-9-21(15-26(23)38)30(34,35)36)14-27(40)37-25-3-1-2-17-6-10-22(39)16-24(17)25/h1-3,9,11,14-15,18,20,22,39H,4-8,10,12-13,16H2,(H,37,40). The SMILES string of the molecule is O=C(C=C1CCN(C(=O)C2CCC(C(F)(F)F)CC2)c2cc(C(F)(F)F)ccc21)Nc1cccc2c1CC(O)CC2. The fourth-order valence-electron chi connectivity index (χ4n) is 6.17. The molecule has 0 saturated heterocycles. The Kier molecular flexibility index (Phi) is 7.93. The van der Waals surface area contributed by atoms with Crippen LogP contribution in [0.25, 0.3) is 5.57 Å². The predicted molar refractivity (Wildman–Crippen MR) is 141 cm³/mol. The number of fused-ring (bicyclic) bond motifs is 2. The highest BCUT2D eigenvalue weighted by atomic mass is 19.4. The summed E-state index contributed by atoms with van der Waals surface area (Å²) < 4.78 is 80.1. The molecule has 2 aromatic carbocycles. The molecule has 41 heavy (non-hydrogen) atoms. The lowest BCUT2D eigenvalue weighted by atomic mass is 9.80. The lowest BCUT2D eigenvalue weighted by Gasteiger charge is -2.36. The molecule has 1 atom stereocenters. The van der Waals surface area contributed by atoms with Crippen LogP contribution in [-0.2, 0) is 28.6 Å². The molecule has 2 N–H and O–H groups in total. The van der Waals surface area contributed by atoms with E-state index in [1.54, 1.807) is 12.1 Å². The number of hydrogen-bond acceptors (Lipinski definition) is 3. The third kappa shape index (κ3) is 6.29. The summed E-state index contributed by atoms with van der Waals surface area (Å²) in [6.07, 6.45) is -6.72. The number of amides is 2. The van der Waals surface area contributed by atoms with Gasteiger partial charge >= 0.3 is 12.4 Å². The number of aliphatic hydroxyl groups excluding tert-OH is 1. The van der Waals surface area contributed by atoms with Crippen molar-refractivity contribution in [2.24, 2.45) is 11.8 Å². The van der Waals surface area contributed by atoms with Crippen LogP contribution in [-0.4, -0.2) is 35.7 Å². The van der Waals surface area contributed by atoms with Crippen molar-refractivity contribution >= 4 is 28.8 Å². The zero-order valence-electron chi connectivity index (χ0n) is 22.1. The molecule has 0 radical (unpaired) electrons. The van der Waals surface area contributed by atoms with Gasteiger partial charge in [0.2, 0.25) is 11.8 Å². The maximum Gasteiger partial charge on any atom is 0.416 e. The van der Waals surface area contributed by atoms with Gasteiger partial charge in [-0.1, -0.05) is 18.2 Å². The van der Waals surface area contributed by atoms with Crippen LogP contribution < -0.4 is 10.2 Å². The first-order valence-electron chi connectivity index (χ1n) is 13.7. The van der Waals surface area contributed by atoms with E-state index in [4.69, 9.17) is 0 Å². The summed E-state index contributed by atoms with van der Waals surface area (Å²) in [5.41, 5.74) is 2.19. The van der Waals surface area contributed by atoms with Crippen molar-refractivity contribution in [3.63, 3.8) is 0 Å². The molecule has 3 aliphatic rings. The predicted octanol–water partition coefficient (Wildman–Crippen LogP) is 6.68. The van der Waals surface area contributed by atoms with E-state index in [0.29, 0.717) is 36.1 Å². The lowest BCUT2D eigenvalue weighted by Crippen LogP contribution is -2.41. The first kappa shape index (κ1) is 29.2. The van der Waals surface area contributed by atoms with Crippen LogP contribution >= 0.6 is 0 Å². The van der Waals surface area contributed by atoms with E-state index in [0.717, 1.165) is 23.3 Å². The molecule has 11 heteroatoms. The van der Waals surface area contributed by atoms with Crippen molar-refractivity contribution in [2.75, 3.05) is 16.8 Å². The minimum Gasteiger partial charge on any atom is -0.393 e. The fraction of sp³-hybridized carbons (Fsp3) is 0.467. The Hall–Kier alpha value is -3.34. The molecule has 1 unspecified atom stereocenters. The Morgan fingerprint density at radius 2 is 1.68 bits per heavy atom. The first-order valence-corrected chi connectivity index (χ1v) is 13.7. The number of benzene rings is 2. The molecule has 2 aromatic rings. The largest absolute Gasteiger partial charge is 0.416 e. The minimum absolute atomic E-state index is 0.00160. The van der Waals surface area contributed by atoms with Gasteiger partial charge in [0.15, 0.2) is 0 Å². The number of nitrogens with zero attached hydrogens (tertiary/aromatic N) is 1. The van der Waals surface area contributed by atoms with Crippen LogP contribution in [0.3, 0.4) is 0 Å². The van der Waals surface area contributed by atoms with E-state index >= 15 is 0 Å². The van der Waals surface area contributed by atoms with Crippen LogP contribution in [0.2, 0.25) is 0 Å². The average molecular weight is 581 g/mol. The van der Waals surface area contributed by atoms with Crippen LogP contribution in [0.1, 0.15) is 60.8 Å². The van der Waals surface area contributed by atoms with Gasteiger partial charge in [-0.15, -0.1) is 0 Å². The van der Waals surface area contributed by atoms with Crippen molar-refractivity contribution in [1.82, 2.24) is 0 Å². The van der Waals surface area contributed by atoms with E-state index in [1.165, 1.54) is 17.0 Å². The Labute approximate surface area is 233 Å². The van der Waals surface area contributed by atoms with Crippen molar-refractivity contribution in [3.8, 4) is 0 Å². The monoisotopic (exact) mass is 580 g/mol. The summed E-state index contributed by atoms with van der Waals surface area (Å²) in [5, 5.41) is 12.9. The van der Waals surface area contributed by atoms with Gasteiger partial charge in [0.05, 0.1) is 23.3 Å². The molecule has 5 nitrogen and oxygen atoms in total. The number of aliphatic hydroxyl groups is 1. The molecule has 0 aromatic heterocycles. The Balaban J connectivity index is 1.40. The summed E-state index contributed by atoms with van der Waals surface area (Å²) in [4.78, 5) is 27.7. The fourth-order valence-corrected chi connectivity index (χ4v) is 6.17. The van der Waals surface area contributed by atoms with Crippen molar-refractivity contribution in [3.05, 3.63) is 64.7 Å². The van der Waals surface area contributed by atoms with Crippen LogP contribution in [0.5, 0.6) is 0 Å². The second-order valence-corrected chi connectivity index (χ2v) is 11.1. The maximum atomic E-state index is 13.6. The number of nitrogens with one attached hydrogen (secondary N) is 1. The van der Waals surface area contributed by atoms with E-state index < -0.39 is 47.7 Å². The van der Waals surface area contributed by atoms with Gasteiger partial charge in [-0.2, -0.15) is 26.3 Å². The number of halogens is 6. The molecule has 0 bridgehead atoms. The number of aryl methyl sites for hydroxylation is 1. The molecule has 1 fully saturated rings. The smallest absolute Gasteiger partial charge is 0.393 e. The highest BCUT2D eigenvalue weighted by molar-refractivity contribution is 6.07. The number of carbonyl (C=O) groups is 2. The van der Waals surface area contributed by atoms with Crippen LogP contribution in [0, 0.1) is 11.8 Å². The number of hydrogen-bond donors (Lipinski definition) is 2. The van der Waals surface area contributed by atoms with E-state index in [9.17, 15) is 41.0 Å². The summed E-state index contributed by atoms with van der Waals surface area (Å²) in [6.45, 7) is -0.00160. The van der Waals surface area contributed by atoms with Crippen molar-refractivity contribution in [2.45, 2.75) is 69.8 Å². The molecule has 0 spiro atoms. The molecule has 2 aliphatic carbocycles. The second-order valence-electron chi connectivity index (χ2n) is 11.1. The Bertz CT molecular complexity index is 1360. The summed E-state index contributed by atoms with van der Waals surface area (Å²) in [5.74, 6) is -3.19. The molecule has 220 valence electrons. The van der Waals surface area contributed by atoms with Gasteiger partial charge in [0, 0.05) is 36.2 Å². The lowest BCUT2D eigenvalue weighted by molar-refractivity contribution is -0.184. The van der Waals surface area contributed by atoms with Gasteiger partial charge in [0.1, 0.15) is 0 Å². The van der Waals surface area contributed by atoms with Gasteiger partial charge in [-0.05, 0) is 79.8 Å². The minimum atomic E-state index is -4.68. The van der Waals surface area contributed by atoms with Crippen LogP contribution in [0.15, 0.2) is 42.5 Å². The summed E-state index contributed by atoms with van der Waals surface area (Å²) in [6, 6.07) is 8.46. The van der Waals surface area contributed by atoms with Crippen molar-refractivity contribution in [1.29, 1.82) is 0 Å². The zero-order chi connectivity index (χ0) is 29.5. The summed E-state index contributed by atoms with van der Waals surface area (Å²) in [7, 11) is 0. The Morgan fingerprint density at radius 1 is 0.951 bits per heavy atom. The number of alkyl halides is 6. The molecule has 1 heterocycles. The topological polar surface area (TPSA) is 69.6 Å². The number of rotatable bonds is 3. The average Bonchev–Trinajstić information content (AvgIpc) is 2.92. The quantitative estimate of drug-likeness (QED) is 0.314. The number of anilines is 2. The molecule has 5 rings (SSSR count). The van der Waals surface area contributed by atoms with Crippen LogP contribution in [0.4, 0.5) is 37.7 Å². The van der Waals surface area contributed by atoms with Gasteiger partial charge in [-0.3, -0.25) is 9.59 Å². The van der Waals surface area contributed by atoms with E-state index in [1.807, 2.05) is 6.07 Å². The van der Waals surface area contributed by atoms with Crippen molar-refractivity contribution < 1.29 is 41.0 Å². The molecule has 1 saturated carbocycles. The van der Waals surface area contributed by atoms with E-state index in [2.05, 4.69) is 5.32 Å². The zero-order valence-corrected chi connectivity index (χ0v) is 22.1. The van der Waals surface area contributed by atoms with Gasteiger partial charge < -0.3 is 15.3 Å². The second kappa shape index (κ2) is 11.2. The molecular formula is C30H30F6N2O3. The number of carbonyl (C=O) groups excluding carboxylic acids is 2. The highest BCUT2D eigenvalue weighted by Crippen LogP contribution is 2.43. The summed E-state index contributed by atoms with van der Waals surface area (Å²) >= 11 is 0. The Morgan fingerprint density at radius 3 is 2.37 bits per heavy atom. The van der Waals surface area contributed by atoms with Gasteiger partial charge in [-0.25, -0.2) is 0 Å². The molecule has 1 aliphatic heterocycles. The third-order valence-corrected chi connectivity index (χ3v) is 8.39. The highest BCUT2D eigenvalue weighted by Gasteiger charge is 2.44. The van der Waals surface area contributed by atoms with Gasteiger partial charge in [0.25, 0.3) is 0 Å². The van der Waals surface area contributed by atoms with E-state index in [-0.39, 0.29) is 44.3 Å². The third-order valence-electron chi connectivity index (χ3n) is 8.39.